The van der Waals surface area contributed by atoms with Gasteiger partial charge in [-0.2, -0.15) is 0 Å². The Hall–Kier alpha value is -0.610. The van der Waals surface area contributed by atoms with Crippen LogP contribution < -0.4 is 5.32 Å². The number of amides is 1. The van der Waals surface area contributed by atoms with Crippen LogP contribution in [0.3, 0.4) is 0 Å². The molecule has 1 atom stereocenters. The van der Waals surface area contributed by atoms with Gasteiger partial charge in [-0.1, -0.05) is 6.92 Å². The molecule has 0 aromatic heterocycles. The van der Waals surface area contributed by atoms with Crippen molar-refractivity contribution in [2.75, 3.05) is 39.8 Å². The highest BCUT2D eigenvalue weighted by atomic mass is 16.2. The molecule has 0 bridgehead atoms. The van der Waals surface area contributed by atoms with E-state index in [1.54, 1.807) is 0 Å². The predicted molar refractivity (Wildman–Crippen MR) is 78.1 cm³/mol. The van der Waals surface area contributed by atoms with Crippen LogP contribution in [-0.2, 0) is 4.79 Å². The largest absolute Gasteiger partial charge is 0.342 e. The third-order valence-corrected chi connectivity index (χ3v) is 4.85. The maximum atomic E-state index is 12.6. The van der Waals surface area contributed by atoms with E-state index in [4.69, 9.17) is 0 Å². The molecule has 2 fully saturated rings. The number of carbonyl (C=O) groups is 1. The van der Waals surface area contributed by atoms with Crippen molar-refractivity contribution in [1.82, 2.24) is 15.1 Å². The molecular weight excluding hydrogens is 238 g/mol. The Labute approximate surface area is 117 Å². The summed E-state index contributed by atoms with van der Waals surface area (Å²) in [4.78, 5) is 17.2. The fourth-order valence-electron chi connectivity index (χ4n) is 3.44. The fraction of sp³-hybridized carbons (Fsp3) is 0.933. The van der Waals surface area contributed by atoms with Gasteiger partial charge in [0.1, 0.15) is 0 Å². The number of nitrogens with zero attached hydrogens (tertiary/aromatic N) is 2. The summed E-state index contributed by atoms with van der Waals surface area (Å²) < 4.78 is 0. The van der Waals surface area contributed by atoms with E-state index in [2.05, 4.69) is 24.1 Å². The van der Waals surface area contributed by atoms with Crippen molar-refractivity contribution in [2.45, 2.75) is 45.6 Å². The second-order valence-electron chi connectivity index (χ2n) is 6.48. The molecule has 1 amide bonds. The SMILES string of the molecule is CCCN1CCC(N(C)C(=O)C2(C)CCNC2)CC1. The molecule has 4 heteroatoms. The maximum Gasteiger partial charge on any atom is 0.229 e. The summed E-state index contributed by atoms with van der Waals surface area (Å²) in [5, 5.41) is 3.32. The number of carbonyl (C=O) groups excluding carboxylic acids is 1. The molecular formula is C15H29N3O. The van der Waals surface area contributed by atoms with Gasteiger partial charge >= 0.3 is 0 Å². The number of nitrogens with one attached hydrogen (secondary N) is 1. The zero-order valence-corrected chi connectivity index (χ0v) is 12.7. The molecule has 0 saturated carbocycles. The number of hydrogen-bond donors (Lipinski definition) is 1. The summed E-state index contributed by atoms with van der Waals surface area (Å²) >= 11 is 0. The first-order chi connectivity index (χ1) is 9.07. The van der Waals surface area contributed by atoms with Crippen LogP contribution >= 0.6 is 0 Å². The minimum Gasteiger partial charge on any atom is -0.342 e. The Morgan fingerprint density at radius 1 is 1.42 bits per heavy atom. The molecule has 0 aromatic carbocycles. The lowest BCUT2D eigenvalue weighted by Gasteiger charge is -2.39. The summed E-state index contributed by atoms with van der Waals surface area (Å²) in [6.07, 6.45) is 4.46. The molecule has 110 valence electrons. The van der Waals surface area contributed by atoms with E-state index in [9.17, 15) is 4.79 Å². The zero-order chi connectivity index (χ0) is 13.9. The second-order valence-corrected chi connectivity index (χ2v) is 6.48. The standard InChI is InChI=1S/C15H29N3O/c1-4-9-18-10-5-13(6-11-18)17(3)14(19)15(2)7-8-16-12-15/h13,16H,4-12H2,1-3H3. The van der Waals surface area contributed by atoms with E-state index in [0.29, 0.717) is 11.9 Å². The normalized spacial score (nSPS) is 29.6. The lowest BCUT2D eigenvalue weighted by Crippen LogP contribution is -2.50. The van der Waals surface area contributed by atoms with E-state index in [1.165, 1.54) is 13.0 Å². The van der Waals surface area contributed by atoms with Gasteiger partial charge in [-0.3, -0.25) is 4.79 Å². The van der Waals surface area contributed by atoms with Crippen molar-refractivity contribution in [2.24, 2.45) is 5.41 Å². The highest BCUT2D eigenvalue weighted by molar-refractivity contribution is 5.83. The van der Waals surface area contributed by atoms with Crippen LogP contribution in [0.15, 0.2) is 0 Å². The number of rotatable bonds is 4. The molecule has 2 aliphatic heterocycles. The molecule has 2 rings (SSSR count). The average molecular weight is 267 g/mol. The molecule has 0 aliphatic carbocycles. The van der Waals surface area contributed by atoms with E-state index < -0.39 is 0 Å². The van der Waals surface area contributed by atoms with Gasteiger partial charge in [-0.05, 0) is 45.7 Å². The third kappa shape index (κ3) is 3.29. The van der Waals surface area contributed by atoms with Crippen molar-refractivity contribution in [3.63, 3.8) is 0 Å². The topological polar surface area (TPSA) is 35.6 Å². The molecule has 1 N–H and O–H groups in total. The Balaban J connectivity index is 1.87. The van der Waals surface area contributed by atoms with Gasteiger partial charge in [-0.15, -0.1) is 0 Å². The molecule has 2 heterocycles. The minimum absolute atomic E-state index is 0.171. The van der Waals surface area contributed by atoms with Gasteiger partial charge < -0.3 is 15.1 Å². The Bertz CT molecular complexity index is 305. The van der Waals surface area contributed by atoms with Crippen LogP contribution in [0.1, 0.15) is 39.5 Å². The molecule has 2 saturated heterocycles. The van der Waals surface area contributed by atoms with Gasteiger partial charge in [0, 0.05) is 32.7 Å². The first kappa shape index (κ1) is 14.8. The van der Waals surface area contributed by atoms with Crippen LogP contribution in [0.25, 0.3) is 0 Å². The number of hydrogen-bond acceptors (Lipinski definition) is 3. The quantitative estimate of drug-likeness (QED) is 0.834. The molecule has 0 radical (unpaired) electrons. The number of piperidine rings is 1. The van der Waals surface area contributed by atoms with Gasteiger partial charge in [-0.25, -0.2) is 0 Å². The molecule has 0 aromatic rings. The van der Waals surface area contributed by atoms with Gasteiger partial charge in [0.25, 0.3) is 0 Å². The lowest BCUT2D eigenvalue weighted by atomic mass is 9.87. The van der Waals surface area contributed by atoms with E-state index >= 15 is 0 Å². The van der Waals surface area contributed by atoms with Crippen molar-refractivity contribution >= 4 is 5.91 Å². The monoisotopic (exact) mass is 267 g/mol. The summed E-state index contributed by atoms with van der Waals surface area (Å²) in [5.74, 6) is 0.339. The van der Waals surface area contributed by atoms with Gasteiger partial charge in [0.2, 0.25) is 5.91 Å². The lowest BCUT2D eigenvalue weighted by molar-refractivity contribution is -0.142. The van der Waals surface area contributed by atoms with E-state index in [1.807, 2.05) is 11.9 Å². The summed E-state index contributed by atoms with van der Waals surface area (Å²) in [7, 11) is 2.01. The smallest absolute Gasteiger partial charge is 0.229 e. The van der Waals surface area contributed by atoms with Crippen molar-refractivity contribution < 1.29 is 4.79 Å². The Morgan fingerprint density at radius 3 is 2.63 bits per heavy atom. The zero-order valence-electron chi connectivity index (χ0n) is 12.7. The van der Waals surface area contributed by atoms with Crippen molar-refractivity contribution in [1.29, 1.82) is 0 Å². The Kier molecular flexibility index (Phi) is 4.85. The van der Waals surface area contributed by atoms with Crippen LogP contribution in [0.2, 0.25) is 0 Å². The van der Waals surface area contributed by atoms with Crippen molar-refractivity contribution in [3.8, 4) is 0 Å². The fourth-order valence-corrected chi connectivity index (χ4v) is 3.44. The highest BCUT2D eigenvalue weighted by Gasteiger charge is 2.40. The van der Waals surface area contributed by atoms with Crippen LogP contribution in [0.4, 0.5) is 0 Å². The molecule has 19 heavy (non-hydrogen) atoms. The highest BCUT2D eigenvalue weighted by Crippen LogP contribution is 2.29. The Morgan fingerprint density at radius 2 is 2.11 bits per heavy atom. The average Bonchev–Trinajstić information content (AvgIpc) is 2.86. The third-order valence-electron chi connectivity index (χ3n) is 4.85. The second kappa shape index (κ2) is 6.23. The molecule has 2 aliphatic rings. The van der Waals surface area contributed by atoms with Crippen molar-refractivity contribution in [3.05, 3.63) is 0 Å². The first-order valence-electron chi connectivity index (χ1n) is 7.77. The summed E-state index contributed by atoms with van der Waals surface area (Å²) in [6.45, 7) is 9.64. The number of likely N-dealkylation sites (tertiary alicyclic amines) is 1. The summed E-state index contributed by atoms with van der Waals surface area (Å²) in [6, 6.07) is 0.443. The van der Waals surface area contributed by atoms with Gasteiger partial charge in [0.05, 0.1) is 5.41 Å². The van der Waals surface area contributed by atoms with Crippen LogP contribution in [0, 0.1) is 5.41 Å². The molecule has 0 spiro atoms. The predicted octanol–water partition coefficient (Wildman–Crippen LogP) is 1.32. The van der Waals surface area contributed by atoms with E-state index in [-0.39, 0.29) is 5.41 Å². The molecule has 4 nitrogen and oxygen atoms in total. The summed E-state index contributed by atoms with van der Waals surface area (Å²) in [5.41, 5.74) is -0.171. The van der Waals surface area contributed by atoms with Gasteiger partial charge in [0.15, 0.2) is 0 Å². The van der Waals surface area contributed by atoms with Crippen LogP contribution in [0.5, 0.6) is 0 Å². The minimum atomic E-state index is -0.171. The first-order valence-corrected chi connectivity index (χ1v) is 7.77. The van der Waals surface area contributed by atoms with Crippen LogP contribution in [-0.4, -0.2) is 61.5 Å². The van der Waals surface area contributed by atoms with E-state index in [0.717, 1.165) is 45.4 Å². The maximum absolute atomic E-state index is 12.6. The molecule has 1 unspecified atom stereocenters.